The Morgan fingerprint density at radius 3 is 3.05 bits per heavy atom. The van der Waals surface area contributed by atoms with Crippen molar-refractivity contribution in [3.8, 4) is 0 Å². The number of hydrogen-bond acceptors (Lipinski definition) is 7. The number of esters is 1. The number of nitrogens with one attached hydrogen (secondary N) is 1. The molecule has 0 saturated carbocycles. The fourth-order valence-corrected chi connectivity index (χ4v) is 2.54. The van der Waals surface area contributed by atoms with Gasteiger partial charge in [0.05, 0.1) is 19.3 Å². The van der Waals surface area contributed by atoms with Crippen LogP contribution in [-0.4, -0.2) is 22.4 Å². The highest BCUT2D eigenvalue weighted by molar-refractivity contribution is 7.11. The van der Waals surface area contributed by atoms with E-state index in [2.05, 4.69) is 21.6 Å². The van der Waals surface area contributed by atoms with E-state index >= 15 is 0 Å². The number of methoxy groups -OCH3 is 1. The van der Waals surface area contributed by atoms with Crippen LogP contribution < -0.4 is 11.1 Å². The van der Waals surface area contributed by atoms with Crippen molar-refractivity contribution in [3.05, 3.63) is 35.2 Å². The molecule has 20 heavy (non-hydrogen) atoms. The Morgan fingerprint density at radius 2 is 2.35 bits per heavy atom. The Hall–Kier alpha value is -2.15. The molecule has 0 aliphatic carbocycles. The van der Waals surface area contributed by atoms with E-state index in [9.17, 15) is 4.79 Å². The average Bonchev–Trinajstić information content (AvgIpc) is 2.85. The Labute approximate surface area is 121 Å². The Kier molecular flexibility index (Phi) is 4.52. The van der Waals surface area contributed by atoms with Gasteiger partial charge in [0.15, 0.2) is 5.82 Å². The van der Waals surface area contributed by atoms with Crippen LogP contribution in [0.1, 0.15) is 28.5 Å². The minimum atomic E-state index is -0.490. The van der Waals surface area contributed by atoms with Crippen LogP contribution in [0.2, 0.25) is 0 Å². The highest BCUT2D eigenvalue weighted by atomic mass is 32.1. The lowest BCUT2D eigenvalue weighted by Gasteiger charge is -2.08. The van der Waals surface area contributed by atoms with Crippen LogP contribution in [0.15, 0.2) is 18.3 Å². The van der Waals surface area contributed by atoms with Gasteiger partial charge in [-0.2, -0.15) is 4.37 Å². The maximum atomic E-state index is 11.7. The summed E-state index contributed by atoms with van der Waals surface area (Å²) in [4.78, 5) is 16.0. The molecule has 0 fully saturated rings. The number of pyridine rings is 1. The van der Waals surface area contributed by atoms with Crippen LogP contribution in [0.4, 0.5) is 10.8 Å². The summed E-state index contributed by atoms with van der Waals surface area (Å²) in [6.45, 7) is 2.58. The van der Waals surface area contributed by atoms with Gasteiger partial charge in [-0.1, -0.05) is 13.0 Å². The van der Waals surface area contributed by atoms with Gasteiger partial charge in [-0.15, -0.1) is 0 Å². The lowest BCUT2D eigenvalue weighted by Crippen LogP contribution is -2.09. The second-order valence-corrected chi connectivity index (χ2v) is 4.85. The van der Waals surface area contributed by atoms with Gasteiger partial charge in [0.1, 0.15) is 10.6 Å². The summed E-state index contributed by atoms with van der Waals surface area (Å²) in [5.41, 5.74) is 8.08. The summed E-state index contributed by atoms with van der Waals surface area (Å²) in [6.07, 6.45) is 2.65. The molecule has 2 aromatic rings. The third-order valence-electron chi connectivity index (χ3n) is 2.89. The van der Waals surface area contributed by atoms with Crippen molar-refractivity contribution >= 4 is 28.3 Å². The van der Waals surface area contributed by atoms with Gasteiger partial charge in [-0.05, 0) is 29.6 Å². The normalized spacial score (nSPS) is 10.3. The molecule has 3 N–H and O–H groups in total. The van der Waals surface area contributed by atoms with Crippen molar-refractivity contribution in [3.63, 3.8) is 0 Å². The molecule has 0 bridgehead atoms. The number of aromatic nitrogens is 2. The topological polar surface area (TPSA) is 90.1 Å². The molecule has 0 unspecified atom stereocenters. The fraction of sp³-hybridized carbons (Fsp3) is 0.308. The minimum absolute atomic E-state index is 0.182. The largest absolute Gasteiger partial charge is 0.465 e. The summed E-state index contributed by atoms with van der Waals surface area (Å²) in [5, 5.41) is 3.75. The summed E-state index contributed by atoms with van der Waals surface area (Å²) in [7, 11) is 1.32. The zero-order valence-corrected chi connectivity index (χ0v) is 12.2. The van der Waals surface area contributed by atoms with Crippen molar-refractivity contribution in [2.45, 2.75) is 19.9 Å². The van der Waals surface area contributed by atoms with Crippen molar-refractivity contribution in [2.75, 3.05) is 18.2 Å². The first kappa shape index (κ1) is 14.3. The number of carbonyl (C=O) groups excluding carboxylic acids is 1. The maximum Gasteiger partial charge on any atom is 0.344 e. The van der Waals surface area contributed by atoms with Gasteiger partial charge in [0.25, 0.3) is 0 Å². The Morgan fingerprint density at radius 1 is 1.55 bits per heavy atom. The van der Waals surface area contributed by atoms with E-state index < -0.39 is 5.97 Å². The van der Waals surface area contributed by atoms with E-state index in [1.165, 1.54) is 7.11 Å². The summed E-state index contributed by atoms with van der Waals surface area (Å²) < 4.78 is 8.68. The number of hydrogen-bond donors (Lipinski definition) is 2. The van der Waals surface area contributed by atoms with Crippen LogP contribution in [0, 0.1) is 0 Å². The minimum Gasteiger partial charge on any atom is -0.465 e. The average molecular weight is 292 g/mol. The van der Waals surface area contributed by atoms with Crippen LogP contribution in [0.3, 0.4) is 0 Å². The second-order valence-electron chi connectivity index (χ2n) is 4.08. The third kappa shape index (κ3) is 2.88. The molecule has 0 saturated heterocycles. The van der Waals surface area contributed by atoms with E-state index in [4.69, 9.17) is 10.5 Å². The molecule has 0 aromatic carbocycles. The van der Waals surface area contributed by atoms with Crippen LogP contribution >= 0.6 is 11.5 Å². The molecule has 2 aromatic heterocycles. The van der Waals surface area contributed by atoms with E-state index in [-0.39, 0.29) is 11.4 Å². The number of ether oxygens (including phenoxy) is 1. The van der Waals surface area contributed by atoms with Gasteiger partial charge in [-0.3, -0.25) is 4.98 Å². The number of carbonyl (C=O) groups is 1. The summed E-state index contributed by atoms with van der Waals surface area (Å²) in [5.74, 6) is -0.309. The Balaban J connectivity index is 2.17. The molecule has 2 heterocycles. The van der Waals surface area contributed by atoms with Crippen molar-refractivity contribution in [2.24, 2.45) is 0 Å². The fourth-order valence-electron chi connectivity index (χ4n) is 1.84. The summed E-state index contributed by atoms with van der Waals surface area (Å²) >= 11 is 1.14. The molecule has 7 heteroatoms. The first-order valence-corrected chi connectivity index (χ1v) is 6.94. The molecule has 0 radical (unpaired) electrons. The van der Waals surface area contributed by atoms with Crippen LogP contribution in [0.5, 0.6) is 0 Å². The van der Waals surface area contributed by atoms with Gasteiger partial charge in [0, 0.05) is 6.20 Å². The second kappa shape index (κ2) is 6.33. The van der Waals surface area contributed by atoms with Gasteiger partial charge < -0.3 is 15.8 Å². The van der Waals surface area contributed by atoms with Crippen LogP contribution in [-0.2, 0) is 17.7 Å². The maximum absolute atomic E-state index is 11.7. The van der Waals surface area contributed by atoms with Gasteiger partial charge in [0.2, 0.25) is 0 Å². The zero-order valence-electron chi connectivity index (χ0n) is 11.3. The number of nitrogens with zero attached hydrogens (tertiary/aromatic N) is 2. The molecular formula is C13H16N4O2S. The molecule has 0 spiro atoms. The highest BCUT2D eigenvalue weighted by Gasteiger charge is 2.19. The monoisotopic (exact) mass is 292 g/mol. The smallest absolute Gasteiger partial charge is 0.344 e. The molecule has 0 atom stereocenters. The standard InChI is InChI=1S/C13H16N4O2S/c1-3-8-5-4-6-15-9(8)7-16-12-10(13(18)19-2)11(14)17-20-12/h4-6,16H,3,7H2,1-2H3,(H2,14,17). The number of rotatable bonds is 5. The predicted molar refractivity (Wildman–Crippen MR) is 78.8 cm³/mol. The lowest BCUT2D eigenvalue weighted by molar-refractivity contribution is 0.0603. The van der Waals surface area contributed by atoms with Gasteiger partial charge in [-0.25, -0.2) is 4.79 Å². The molecular weight excluding hydrogens is 276 g/mol. The molecule has 0 amide bonds. The SMILES string of the molecule is CCc1cccnc1CNc1snc(N)c1C(=O)OC. The molecule has 0 aliphatic rings. The summed E-state index contributed by atoms with van der Waals surface area (Å²) in [6, 6.07) is 3.94. The van der Waals surface area contributed by atoms with Crippen molar-refractivity contribution in [1.82, 2.24) is 9.36 Å². The van der Waals surface area contributed by atoms with Crippen LogP contribution in [0.25, 0.3) is 0 Å². The third-order valence-corrected chi connectivity index (χ3v) is 3.71. The molecule has 106 valence electrons. The zero-order chi connectivity index (χ0) is 14.5. The van der Waals surface area contributed by atoms with E-state index in [0.29, 0.717) is 11.5 Å². The molecule has 2 rings (SSSR count). The molecule has 0 aliphatic heterocycles. The lowest BCUT2D eigenvalue weighted by atomic mass is 10.1. The highest BCUT2D eigenvalue weighted by Crippen LogP contribution is 2.27. The first-order valence-electron chi connectivity index (χ1n) is 6.17. The number of anilines is 2. The van der Waals surface area contributed by atoms with E-state index in [1.54, 1.807) is 6.20 Å². The number of nitrogens with two attached hydrogens (primary N) is 1. The quantitative estimate of drug-likeness (QED) is 0.820. The van der Waals surface area contributed by atoms with E-state index in [1.807, 2.05) is 12.1 Å². The predicted octanol–water partition coefficient (Wildman–Crippen LogP) is 2.08. The first-order chi connectivity index (χ1) is 9.67. The number of nitrogen functional groups attached to an aromatic ring is 1. The number of aryl methyl sites for hydroxylation is 1. The van der Waals surface area contributed by atoms with Crippen molar-refractivity contribution < 1.29 is 9.53 Å². The van der Waals surface area contributed by atoms with Crippen molar-refractivity contribution in [1.29, 1.82) is 0 Å². The van der Waals surface area contributed by atoms with Gasteiger partial charge >= 0.3 is 5.97 Å². The van der Waals surface area contributed by atoms with E-state index in [0.717, 1.165) is 29.2 Å². The molecule has 6 nitrogen and oxygen atoms in total. The Bertz CT molecular complexity index is 612.